The highest BCUT2D eigenvalue weighted by Gasteiger charge is 2.29. The lowest BCUT2D eigenvalue weighted by Gasteiger charge is -2.32. The number of nitrogens with zero attached hydrogens (tertiary/aromatic N) is 1. The fourth-order valence-corrected chi connectivity index (χ4v) is 2.09. The van der Waals surface area contributed by atoms with Crippen LogP contribution in [-0.4, -0.2) is 54.0 Å². The van der Waals surface area contributed by atoms with E-state index in [1.54, 1.807) is 30.2 Å². The smallest absolute Gasteiger partial charge is 0.323 e. The number of carboxylic acids is 1. The van der Waals surface area contributed by atoms with Crippen molar-refractivity contribution in [1.82, 2.24) is 4.90 Å². The summed E-state index contributed by atoms with van der Waals surface area (Å²) in [4.78, 5) is 12.9. The van der Waals surface area contributed by atoms with Gasteiger partial charge in [-0.1, -0.05) is 0 Å². The van der Waals surface area contributed by atoms with E-state index in [0.717, 1.165) is 0 Å². The van der Waals surface area contributed by atoms with Crippen molar-refractivity contribution in [2.75, 3.05) is 26.9 Å². The van der Waals surface area contributed by atoms with E-state index in [4.69, 9.17) is 14.6 Å². The molecule has 2 N–H and O–H groups in total. The van der Waals surface area contributed by atoms with E-state index in [-0.39, 0.29) is 12.4 Å². The number of aromatic hydroxyl groups is 1. The van der Waals surface area contributed by atoms with Gasteiger partial charge in [0.1, 0.15) is 17.5 Å². The van der Waals surface area contributed by atoms with Crippen molar-refractivity contribution < 1.29 is 24.5 Å². The predicted molar refractivity (Wildman–Crippen MR) is 67.3 cm³/mol. The van der Waals surface area contributed by atoms with E-state index >= 15 is 0 Å². The minimum atomic E-state index is -0.915. The van der Waals surface area contributed by atoms with Gasteiger partial charge in [-0.25, -0.2) is 0 Å². The fourth-order valence-electron chi connectivity index (χ4n) is 2.09. The van der Waals surface area contributed by atoms with E-state index in [1.807, 2.05) is 0 Å². The van der Waals surface area contributed by atoms with Crippen molar-refractivity contribution in [2.24, 2.45) is 0 Å². The Morgan fingerprint density at radius 2 is 2.37 bits per heavy atom. The summed E-state index contributed by atoms with van der Waals surface area (Å²) in [5.41, 5.74) is 0.646. The Balaban J connectivity index is 2.16. The second-order valence-corrected chi connectivity index (χ2v) is 4.39. The Labute approximate surface area is 111 Å². The first kappa shape index (κ1) is 13.6. The number of carbonyl (C=O) groups is 1. The first-order chi connectivity index (χ1) is 9.11. The molecule has 1 aliphatic heterocycles. The van der Waals surface area contributed by atoms with Crippen molar-refractivity contribution in [2.45, 2.75) is 12.6 Å². The third-order valence-electron chi connectivity index (χ3n) is 3.18. The van der Waals surface area contributed by atoms with Crippen LogP contribution in [0.5, 0.6) is 11.5 Å². The summed E-state index contributed by atoms with van der Waals surface area (Å²) in [6.45, 7) is 1.53. The molecule has 1 unspecified atom stereocenters. The van der Waals surface area contributed by atoms with Gasteiger partial charge in [0.25, 0.3) is 0 Å². The maximum Gasteiger partial charge on any atom is 0.323 e. The Morgan fingerprint density at radius 3 is 3.05 bits per heavy atom. The van der Waals surface area contributed by atoms with Gasteiger partial charge >= 0.3 is 5.97 Å². The Hall–Kier alpha value is -1.79. The number of aliphatic carboxylic acids is 1. The van der Waals surface area contributed by atoms with Gasteiger partial charge in [0.2, 0.25) is 0 Å². The number of methoxy groups -OCH3 is 1. The summed E-state index contributed by atoms with van der Waals surface area (Å²) in [7, 11) is 1.55. The number of rotatable bonds is 4. The van der Waals surface area contributed by atoms with Gasteiger partial charge in [-0.15, -0.1) is 0 Å². The van der Waals surface area contributed by atoms with E-state index in [2.05, 4.69) is 0 Å². The van der Waals surface area contributed by atoms with Crippen LogP contribution in [0, 0.1) is 0 Å². The van der Waals surface area contributed by atoms with Crippen LogP contribution >= 0.6 is 0 Å². The summed E-state index contributed by atoms with van der Waals surface area (Å²) in [6.07, 6.45) is 0. The summed E-state index contributed by atoms with van der Waals surface area (Å²) in [5.74, 6) is -0.147. The summed E-state index contributed by atoms with van der Waals surface area (Å²) in [6, 6.07) is 4.24. The van der Waals surface area contributed by atoms with Crippen molar-refractivity contribution in [3.63, 3.8) is 0 Å². The number of morpholine rings is 1. The zero-order valence-corrected chi connectivity index (χ0v) is 10.7. The first-order valence-electron chi connectivity index (χ1n) is 6.02. The summed E-state index contributed by atoms with van der Waals surface area (Å²) >= 11 is 0. The fraction of sp³-hybridized carbons (Fsp3) is 0.462. The van der Waals surface area contributed by atoms with Gasteiger partial charge in [-0.2, -0.15) is 0 Å². The van der Waals surface area contributed by atoms with Gasteiger partial charge in [-0.3, -0.25) is 9.69 Å². The molecule has 0 radical (unpaired) electrons. The van der Waals surface area contributed by atoms with Crippen molar-refractivity contribution in [3.8, 4) is 11.5 Å². The van der Waals surface area contributed by atoms with Crippen LogP contribution in [0.25, 0.3) is 0 Å². The average molecular weight is 267 g/mol. The summed E-state index contributed by atoms with van der Waals surface area (Å²) in [5, 5.41) is 19.0. The van der Waals surface area contributed by atoms with Gasteiger partial charge in [0, 0.05) is 18.7 Å². The van der Waals surface area contributed by atoms with Crippen LogP contribution in [0.15, 0.2) is 18.2 Å². The topological polar surface area (TPSA) is 79.2 Å². The summed E-state index contributed by atoms with van der Waals surface area (Å²) < 4.78 is 10.3. The van der Waals surface area contributed by atoms with E-state index < -0.39 is 12.0 Å². The molecule has 1 aromatic carbocycles. The lowest BCUT2D eigenvalue weighted by molar-refractivity contribution is -0.150. The molecule has 0 bridgehead atoms. The van der Waals surface area contributed by atoms with Crippen LogP contribution in [0.3, 0.4) is 0 Å². The Morgan fingerprint density at radius 1 is 1.58 bits per heavy atom. The molecular formula is C13H17NO5. The van der Waals surface area contributed by atoms with E-state index in [9.17, 15) is 9.90 Å². The maximum absolute atomic E-state index is 11.2. The average Bonchev–Trinajstić information content (AvgIpc) is 2.41. The van der Waals surface area contributed by atoms with Crippen LogP contribution in [0.1, 0.15) is 5.56 Å². The molecule has 104 valence electrons. The molecule has 0 aliphatic carbocycles. The minimum Gasteiger partial charge on any atom is -0.508 e. The highest BCUT2D eigenvalue weighted by atomic mass is 16.5. The molecule has 1 aliphatic rings. The number of phenolic OH excluding ortho intramolecular Hbond substituents is 1. The first-order valence-corrected chi connectivity index (χ1v) is 6.02. The largest absolute Gasteiger partial charge is 0.508 e. The zero-order valence-electron chi connectivity index (χ0n) is 10.7. The van der Waals surface area contributed by atoms with Crippen LogP contribution in [0.2, 0.25) is 0 Å². The molecule has 1 fully saturated rings. The number of carboxylic acid groups (broad SMARTS) is 1. The predicted octanol–water partition coefficient (Wildman–Crippen LogP) is 0.686. The highest BCUT2D eigenvalue weighted by molar-refractivity contribution is 5.73. The lowest BCUT2D eigenvalue weighted by Crippen LogP contribution is -2.49. The number of phenols is 1. The molecule has 0 spiro atoms. The molecular weight excluding hydrogens is 250 g/mol. The zero-order chi connectivity index (χ0) is 13.8. The molecule has 6 heteroatoms. The lowest BCUT2D eigenvalue weighted by atomic mass is 10.1. The molecule has 0 amide bonds. The third-order valence-corrected chi connectivity index (χ3v) is 3.18. The number of hydrogen-bond donors (Lipinski definition) is 2. The standard InChI is InChI=1S/C13H17NO5/c1-18-10-2-3-12(15)9(6-10)7-14-4-5-19-8-11(14)13(16)17/h2-3,6,11,15H,4-5,7-8H2,1H3,(H,16,17). The van der Waals surface area contributed by atoms with Crippen LogP contribution < -0.4 is 4.74 Å². The van der Waals surface area contributed by atoms with E-state index in [1.165, 1.54) is 0 Å². The van der Waals surface area contributed by atoms with Crippen molar-refractivity contribution >= 4 is 5.97 Å². The highest BCUT2D eigenvalue weighted by Crippen LogP contribution is 2.25. The van der Waals surface area contributed by atoms with Crippen LogP contribution in [0.4, 0.5) is 0 Å². The number of hydrogen-bond acceptors (Lipinski definition) is 5. The molecule has 0 saturated carbocycles. The monoisotopic (exact) mass is 267 g/mol. The molecule has 1 atom stereocenters. The molecule has 1 aromatic rings. The van der Waals surface area contributed by atoms with Crippen molar-refractivity contribution in [3.05, 3.63) is 23.8 Å². The van der Waals surface area contributed by atoms with Gasteiger partial charge in [0.15, 0.2) is 0 Å². The normalized spacial score (nSPS) is 20.2. The van der Waals surface area contributed by atoms with Gasteiger partial charge in [-0.05, 0) is 18.2 Å². The quantitative estimate of drug-likeness (QED) is 0.835. The Kier molecular flexibility index (Phi) is 4.24. The molecule has 6 nitrogen and oxygen atoms in total. The van der Waals surface area contributed by atoms with Gasteiger partial charge in [0.05, 0.1) is 20.3 Å². The molecule has 2 rings (SSSR count). The van der Waals surface area contributed by atoms with Crippen LogP contribution in [-0.2, 0) is 16.1 Å². The number of benzene rings is 1. The minimum absolute atomic E-state index is 0.136. The van der Waals surface area contributed by atoms with Gasteiger partial charge < -0.3 is 19.7 Å². The van der Waals surface area contributed by atoms with Crippen molar-refractivity contribution in [1.29, 1.82) is 0 Å². The molecule has 19 heavy (non-hydrogen) atoms. The second-order valence-electron chi connectivity index (χ2n) is 4.39. The van der Waals surface area contributed by atoms with E-state index in [0.29, 0.717) is 31.0 Å². The third kappa shape index (κ3) is 3.15. The number of ether oxygens (including phenoxy) is 2. The maximum atomic E-state index is 11.2. The molecule has 1 heterocycles. The SMILES string of the molecule is COc1ccc(O)c(CN2CCOCC2C(=O)O)c1. The second kappa shape index (κ2) is 5.90. The molecule has 1 saturated heterocycles. The molecule has 0 aromatic heterocycles. The Bertz CT molecular complexity index is 462.